The quantitative estimate of drug-likeness (QED) is 0.684. The lowest BCUT2D eigenvalue weighted by Gasteiger charge is -2.42. The van der Waals surface area contributed by atoms with Crippen LogP contribution in [0.5, 0.6) is 0 Å². The molecule has 3 amide bonds. The summed E-state index contributed by atoms with van der Waals surface area (Å²) in [7, 11) is 0. The van der Waals surface area contributed by atoms with Crippen LogP contribution in [-0.2, 0) is 19.1 Å². The monoisotopic (exact) mass is 469 g/mol. The Kier molecular flexibility index (Phi) is 6.85. The van der Waals surface area contributed by atoms with E-state index in [0.29, 0.717) is 45.7 Å². The van der Waals surface area contributed by atoms with Crippen LogP contribution in [-0.4, -0.2) is 97.0 Å². The van der Waals surface area contributed by atoms with Crippen LogP contribution in [0.1, 0.15) is 26.2 Å². The molecule has 4 aliphatic heterocycles. The minimum Gasteiger partial charge on any atom is -0.377 e. The van der Waals surface area contributed by atoms with Crippen molar-refractivity contribution in [1.82, 2.24) is 20.1 Å². The maximum atomic E-state index is 13.8. The molecule has 0 aliphatic carbocycles. The molecule has 9 nitrogen and oxygen atoms in total. The molecule has 0 saturated carbocycles. The van der Waals surface area contributed by atoms with Crippen LogP contribution in [0.2, 0.25) is 0 Å². The first-order valence-corrected chi connectivity index (χ1v) is 12.6. The van der Waals surface area contributed by atoms with Gasteiger partial charge in [0.2, 0.25) is 17.7 Å². The number of hydrazine groups is 1. The molecule has 4 fully saturated rings. The number of likely N-dealkylation sites (tertiary alicyclic amines) is 1. The van der Waals surface area contributed by atoms with E-state index in [1.165, 1.54) is 0 Å². The minimum atomic E-state index is -0.328. The molecule has 4 atom stereocenters. The first-order valence-electron chi connectivity index (χ1n) is 12.6. The molecule has 4 aliphatic rings. The van der Waals surface area contributed by atoms with Gasteiger partial charge in [0.15, 0.2) is 0 Å². The normalized spacial score (nSPS) is 30.0. The number of carbonyl (C=O) groups is 3. The fraction of sp³-hybridized carbons (Fsp3) is 0.640. The Balaban J connectivity index is 1.33. The van der Waals surface area contributed by atoms with E-state index in [0.717, 1.165) is 31.7 Å². The first kappa shape index (κ1) is 23.3. The number of anilines is 1. The van der Waals surface area contributed by atoms with Crippen molar-refractivity contribution in [2.45, 2.75) is 38.3 Å². The highest BCUT2D eigenvalue weighted by Gasteiger charge is 2.52. The molecular weight excluding hydrogens is 434 g/mol. The van der Waals surface area contributed by atoms with Crippen molar-refractivity contribution in [1.29, 1.82) is 0 Å². The van der Waals surface area contributed by atoms with E-state index < -0.39 is 0 Å². The summed E-state index contributed by atoms with van der Waals surface area (Å²) in [4.78, 5) is 45.3. The number of nitrogens with one attached hydrogen (secondary N) is 1. The summed E-state index contributed by atoms with van der Waals surface area (Å²) < 4.78 is 5.86. The molecule has 1 aromatic rings. The lowest BCUT2D eigenvalue weighted by Crippen LogP contribution is -2.60. The molecule has 9 heteroatoms. The lowest BCUT2D eigenvalue weighted by atomic mass is 9.83. The van der Waals surface area contributed by atoms with Gasteiger partial charge in [-0.25, -0.2) is 10.4 Å². The maximum Gasteiger partial charge on any atom is 0.247 e. The fourth-order valence-electron chi connectivity index (χ4n) is 5.80. The molecule has 0 aromatic heterocycles. The van der Waals surface area contributed by atoms with E-state index >= 15 is 0 Å². The molecule has 34 heavy (non-hydrogen) atoms. The third-order valence-electron chi connectivity index (χ3n) is 7.66. The van der Waals surface area contributed by atoms with Crippen LogP contribution in [0.3, 0.4) is 0 Å². The Morgan fingerprint density at radius 3 is 2.47 bits per heavy atom. The second kappa shape index (κ2) is 10.0. The van der Waals surface area contributed by atoms with Gasteiger partial charge in [-0.2, -0.15) is 0 Å². The second-order valence-electron chi connectivity index (χ2n) is 9.79. The molecule has 1 N–H and O–H groups in total. The van der Waals surface area contributed by atoms with Gasteiger partial charge in [-0.1, -0.05) is 25.1 Å². The summed E-state index contributed by atoms with van der Waals surface area (Å²) in [5.74, 6) is -0.386. The lowest BCUT2D eigenvalue weighted by molar-refractivity contribution is -0.145. The van der Waals surface area contributed by atoms with Gasteiger partial charge in [0.25, 0.3) is 0 Å². The van der Waals surface area contributed by atoms with Gasteiger partial charge in [0, 0.05) is 58.8 Å². The van der Waals surface area contributed by atoms with Crippen LogP contribution >= 0.6 is 0 Å². The summed E-state index contributed by atoms with van der Waals surface area (Å²) in [6, 6.07) is 9.33. The molecule has 0 bridgehead atoms. The number of para-hydroxylation sites is 1. The zero-order chi connectivity index (χ0) is 23.7. The standard InChI is InChI=1S/C25H35N5O4/c1-2-22(31)28-10-12-29(13-11-28)24(32)20-16-27(15-19-9-6-14-34-19)17-21-23(20)26-30(25(21)33)18-7-4-3-5-8-18/h3-5,7-8,19-21,23,26H,2,6,9-17H2,1H3. The average Bonchev–Trinajstić information content (AvgIpc) is 3.51. The molecule has 1 aromatic carbocycles. The average molecular weight is 470 g/mol. The van der Waals surface area contributed by atoms with E-state index in [1.54, 1.807) is 5.01 Å². The highest BCUT2D eigenvalue weighted by molar-refractivity contribution is 5.98. The fourth-order valence-corrected chi connectivity index (χ4v) is 5.80. The number of benzene rings is 1. The van der Waals surface area contributed by atoms with Crippen molar-refractivity contribution in [2.24, 2.45) is 11.8 Å². The molecule has 5 rings (SSSR count). The zero-order valence-corrected chi connectivity index (χ0v) is 19.9. The van der Waals surface area contributed by atoms with E-state index in [4.69, 9.17) is 4.74 Å². The first-order chi connectivity index (χ1) is 16.5. The van der Waals surface area contributed by atoms with Crippen molar-refractivity contribution in [3.63, 3.8) is 0 Å². The predicted molar refractivity (Wildman–Crippen MR) is 127 cm³/mol. The van der Waals surface area contributed by atoms with Gasteiger partial charge < -0.3 is 14.5 Å². The van der Waals surface area contributed by atoms with E-state index in [9.17, 15) is 14.4 Å². The minimum absolute atomic E-state index is 0.0180. The number of amides is 3. The Morgan fingerprint density at radius 1 is 1.06 bits per heavy atom. The number of hydrogen-bond donors (Lipinski definition) is 1. The number of carbonyl (C=O) groups excluding carboxylic acids is 3. The summed E-state index contributed by atoms with van der Waals surface area (Å²) in [5.41, 5.74) is 4.19. The van der Waals surface area contributed by atoms with Gasteiger partial charge in [-0.15, -0.1) is 0 Å². The maximum absolute atomic E-state index is 13.8. The summed E-state index contributed by atoms with van der Waals surface area (Å²) in [6.07, 6.45) is 2.75. The molecule has 4 unspecified atom stereocenters. The van der Waals surface area contributed by atoms with Crippen LogP contribution < -0.4 is 10.4 Å². The van der Waals surface area contributed by atoms with Crippen LogP contribution in [0.4, 0.5) is 5.69 Å². The van der Waals surface area contributed by atoms with E-state index in [1.807, 2.05) is 47.1 Å². The number of piperazine rings is 1. The summed E-state index contributed by atoms with van der Waals surface area (Å²) in [6.45, 7) is 6.87. The third-order valence-corrected chi connectivity index (χ3v) is 7.66. The van der Waals surface area contributed by atoms with Gasteiger partial charge in [0.1, 0.15) is 0 Å². The van der Waals surface area contributed by atoms with Crippen molar-refractivity contribution in [2.75, 3.05) is 57.4 Å². The van der Waals surface area contributed by atoms with Crippen molar-refractivity contribution >= 4 is 23.4 Å². The highest BCUT2D eigenvalue weighted by Crippen LogP contribution is 2.33. The van der Waals surface area contributed by atoms with Gasteiger partial charge in [-0.3, -0.25) is 19.3 Å². The zero-order valence-electron chi connectivity index (χ0n) is 19.9. The van der Waals surface area contributed by atoms with Crippen molar-refractivity contribution in [3.05, 3.63) is 30.3 Å². The second-order valence-corrected chi connectivity index (χ2v) is 9.79. The number of piperidine rings is 1. The Morgan fingerprint density at radius 2 is 1.79 bits per heavy atom. The number of nitrogens with zero attached hydrogens (tertiary/aromatic N) is 4. The van der Waals surface area contributed by atoms with Crippen molar-refractivity contribution in [3.8, 4) is 0 Å². The largest absolute Gasteiger partial charge is 0.377 e. The Hall–Kier alpha value is -2.49. The van der Waals surface area contributed by atoms with Gasteiger partial charge in [0.05, 0.1) is 29.7 Å². The molecule has 0 spiro atoms. The number of fused-ring (bicyclic) bond motifs is 1. The van der Waals surface area contributed by atoms with Crippen molar-refractivity contribution < 1.29 is 19.1 Å². The van der Waals surface area contributed by atoms with E-state index in [-0.39, 0.29) is 41.7 Å². The van der Waals surface area contributed by atoms with Gasteiger partial charge in [-0.05, 0) is 25.0 Å². The van der Waals surface area contributed by atoms with Crippen LogP contribution in [0.25, 0.3) is 0 Å². The summed E-state index contributed by atoms with van der Waals surface area (Å²) in [5, 5.41) is 1.63. The number of ether oxygens (including phenoxy) is 1. The molecule has 0 radical (unpaired) electrons. The van der Waals surface area contributed by atoms with Gasteiger partial charge >= 0.3 is 0 Å². The molecular formula is C25H35N5O4. The summed E-state index contributed by atoms with van der Waals surface area (Å²) >= 11 is 0. The Labute approximate surface area is 200 Å². The number of hydrogen-bond acceptors (Lipinski definition) is 6. The van der Waals surface area contributed by atoms with Crippen LogP contribution in [0, 0.1) is 11.8 Å². The topological polar surface area (TPSA) is 85.4 Å². The molecule has 4 heterocycles. The molecule has 184 valence electrons. The SMILES string of the molecule is CCC(=O)N1CCN(C(=O)C2CN(CC3CCCO3)CC3C(=O)N(c4ccccc4)NC23)CC1. The Bertz CT molecular complexity index is 898. The van der Waals surface area contributed by atoms with Crippen LogP contribution in [0.15, 0.2) is 30.3 Å². The predicted octanol–water partition coefficient (Wildman–Crippen LogP) is 0.714. The highest BCUT2D eigenvalue weighted by atomic mass is 16.5. The number of rotatable bonds is 5. The molecule has 4 saturated heterocycles. The smallest absolute Gasteiger partial charge is 0.247 e. The van der Waals surface area contributed by atoms with E-state index in [2.05, 4.69) is 10.3 Å². The third kappa shape index (κ3) is 4.56.